The first-order valence-corrected chi connectivity index (χ1v) is 9.24. The molecule has 2 aromatic heterocycles. The van der Waals surface area contributed by atoms with Crippen molar-refractivity contribution in [3.05, 3.63) is 35.4 Å². The van der Waals surface area contributed by atoms with Crippen molar-refractivity contribution < 1.29 is 4.74 Å². The first kappa shape index (κ1) is 18.9. The van der Waals surface area contributed by atoms with Crippen LogP contribution in [-0.2, 0) is 13.1 Å². The van der Waals surface area contributed by atoms with Crippen molar-refractivity contribution in [2.75, 3.05) is 17.6 Å². The molecule has 0 atom stereocenters. The summed E-state index contributed by atoms with van der Waals surface area (Å²) in [4.78, 5) is 4.67. The van der Waals surface area contributed by atoms with Crippen molar-refractivity contribution in [2.45, 2.75) is 46.4 Å². The first-order valence-electron chi connectivity index (χ1n) is 9.24. The van der Waals surface area contributed by atoms with Crippen LogP contribution in [0.5, 0.6) is 5.88 Å². The summed E-state index contributed by atoms with van der Waals surface area (Å²) >= 11 is 0. The maximum Gasteiger partial charge on any atom is 0.260 e. The lowest BCUT2D eigenvalue weighted by Crippen LogP contribution is -2.12. The van der Waals surface area contributed by atoms with E-state index >= 15 is 0 Å². The minimum Gasteiger partial charge on any atom is -0.472 e. The number of nitrogens with zero attached hydrogens (tertiary/aromatic N) is 4. The Balaban J connectivity index is 2.11. The summed E-state index contributed by atoms with van der Waals surface area (Å²) in [7, 11) is 0. The van der Waals surface area contributed by atoms with Crippen molar-refractivity contribution in [2.24, 2.45) is 5.73 Å². The molecule has 2 heterocycles. The molecular formula is C19H27N7O. The molecule has 3 rings (SSSR count). The number of imidazole rings is 1. The van der Waals surface area contributed by atoms with Crippen molar-refractivity contribution in [1.82, 2.24) is 19.7 Å². The van der Waals surface area contributed by atoms with Crippen LogP contribution in [0.3, 0.4) is 0 Å². The molecule has 8 heteroatoms. The summed E-state index contributed by atoms with van der Waals surface area (Å²) in [5.41, 5.74) is 15.3. The van der Waals surface area contributed by atoms with E-state index in [1.165, 1.54) is 0 Å². The lowest BCUT2D eigenvalue weighted by Gasteiger charge is -2.14. The Morgan fingerprint density at radius 2 is 1.85 bits per heavy atom. The Labute approximate surface area is 158 Å². The van der Waals surface area contributed by atoms with Crippen LogP contribution < -0.4 is 21.5 Å². The highest BCUT2D eigenvalue weighted by Gasteiger charge is 2.20. The molecule has 0 unspecified atom stereocenters. The second kappa shape index (κ2) is 8.22. The van der Waals surface area contributed by atoms with E-state index in [4.69, 9.17) is 16.2 Å². The fraction of sp³-hybridized carbons (Fsp3) is 0.421. The fourth-order valence-corrected chi connectivity index (χ4v) is 2.83. The molecule has 0 spiro atoms. The van der Waals surface area contributed by atoms with Gasteiger partial charge in [0.25, 0.3) is 5.88 Å². The number of benzene rings is 1. The molecule has 0 radical (unpaired) electrons. The zero-order valence-electron chi connectivity index (χ0n) is 16.1. The van der Waals surface area contributed by atoms with Crippen LogP contribution in [0.15, 0.2) is 24.3 Å². The fourth-order valence-electron chi connectivity index (χ4n) is 2.83. The van der Waals surface area contributed by atoms with E-state index in [9.17, 15) is 0 Å². The predicted octanol–water partition coefficient (Wildman–Crippen LogP) is 2.52. The number of hydrogen-bond donors (Lipinski definition) is 3. The molecule has 0 aliphatic rings. The number of nitrogens with one attached hydrogen (secondary N) is 1. The van der Waals surface area contributed by atoms with Crippen molar-refractivity contribution in [3.63, 3.8) is 0 Å². The van der Waals surface area contributed by atoms with E-state index in [1.54, 1.807) is 0 Å². The summed E-state index contributed by atoms with van der Waals surface area (Å²) in [5.74, 6) is 1.45. The standard InChI is InChI=1S/C19H27N7O/c1-4-9-22-19-23-15-16(18(27-12(2)3)25-24-17(15)21)26(19)11-14-7-5-13(10-20)6-8-14/h5-8,12H,4,9-11,20H2,1-3H3,(H2,21,24)(H,22,23). The van der Waals surface area contributed by atoms with Crippen molar-refractivity contribution >= 4 is 22.8 Å². The van der Waals surface area contributed by atoms with E-state index in [2.05, 4.69) is 39.6 Å². The monoisotopic (exact) mass is 369 g/mol. The Kier molecular flexibility index (Phi) is 5.75. The van der Waals surface area contributed by atoms with Gasteiger partial charge in [-0.3, -0.25) is 0 Å². The maximum absolute atomic E-state index is 6.05. The van der Waals surface area contributed by atoms with Gasteiger partial charge in [-0.15, -0.1) is 10.2 Å². The van der Waals surface area contributed by atoms with Crippen LogP contribution in [0.1, 0.15) is 38.3 Å². The molecular weight excluding hydrogens is 342 g/mol. The summed E-state index contributed by atoms with van der Waals surface area (Å²) in [6.07, 6.45) is 0.945. The van der Waals surface area contributed by atoms with Gasteiger partial charge in [-0.05, 0) is 31.4 Å². The normalized spacial score (nSPS) is 11.3. The first-order chi connectivity index (χ1) is 13.0. The lowest BCUT2D eigenvalue weighted by atomic mass is 10.1. The summed E-state index contributed by atoms with van der Waals surface area (Å²) in [5, 5.41) is 11.5. The third kappa shape index (κ3) is 4.11. The topological polar surface area (TPSA) is 117 Å². The molecule has 0 saturated carbocycles. The largest absolute Gasteiger partial charge is 0.472 e. The number of nitrogens with two attached hydrogens (primary N) is 2. The van der Waals surface area contributed by atoms with Crippen LogP contribution in [-0.4, -0.2) is 32.4 Å². The highest BCUT2D eigenvalue weighted by molar-refractivity contribution is 5.90. The molecule has 0 saturated heterocycles. The highest BCUT2D eigenvalue weighted by Crippen LogP contribution is 2.31. The van der Waals surface area contributed by atoms with Gasteiger partial charge in [-0.25, -0.2) is 4.98 Å². The zero-order valence-corrected chi connectivity index (χ0v) is 16.1. The Bertz CT molecular complexity index is 903. The highest BCUT2D eigenvalue weighted by atomic mass is 16.5. The maximum atomic E-state index is 6.05. The van der Waals surface area contributed by atoms with Crippen LogP contribution in [0.4, 0.5) is 11.8 Å². The third-order valence-corrected chi connectivity index (χ3v) is 4.14. The quantitative estimate of drug-likeness (QED) is 0.558. The Hall–Kier alpha value is -2.87. The average Bonchev–Trinajstić information content (AvgIpc) is 3.02. The predicted molar refractivity (Wildman–Crippen MR) is 108 cm³/mol. The van der Waals surface area contributed by atoms with Crippen molar-refractivity contribution in [1.29, 1.82) is 0 Å². The van der Waals surface area contributed by atoms with Crippen LogP contribution in [0, 0.1) is 0 Å². The van der Waals surface area contributed by atoms with Gasteiger partial charge in [-0.1, -0.05) is 31.2 Å². The summed E-state index contributed by atoms with van der Waals surface area (Å²) in [6, 6.07) is 8.21. The number of anilines is 2. The van der Waals surface area contributed by atoms with Gasteiger partial charge in [0.1, 0.15) is 11.0 Å². The third-order valence-electron chi connectivity index (χ3n) is 4.14. The van der Waals surface area contributed by atoms with E-state index < -0.39 is 0 Å². The minimum absolute atomic E-state index is 0.0367. The number of aromatic nitrogens is 4. The van der Waals surface area contributed by atoms with E-state index in [1.807, 2.05) is 30.5 Å². The van der Waals surface area contributed by atoms with Gasteiger partial charge in [0.05, 0.1) is 12.6 Å². The molecule has 0 aliphatic carbocycles. The van der Waals surface area contributed by atoms with Gasteiger partial charge < -0.3 is 26.1 Å². The molecule has 3 aromatic rings. The molecule has 5 N–H and O–H groups in total. The summed E-state index contributed by atoms with van der Waals surface area (Å²) in [6.45, 7) is 7.94. The molecule has 8 nitrogen and oxygen atoms in total. The lowest BCUT2D eigenvalue weighted by molar-refractivity contribution is 0.232. The molecule has 1 aromatic carbocycles. The van der Waals surface area contributed by atoms with E-state index in [0.29, 0.717) is 24.5 Å². The summed E-state index contributed by atoms with van der Waals surface area (Å²) < 4.78 is 7.93. The van der Waals surface area contributed by atoms with Crippen LogP contribution in [0.2, 0.25) is 0 Å². The van der Waals surface area contributed by atoms with Gasteiger partial charge in [-0.2, -0.15) is 0 Å². The van der Waals surface area contributed by atoms with Crippen LogP contribution in [0.25, 0.3) is 11.0 Å². The average molecular weight is 369 g/mol. The number of fused-ring (bicyclic) bond motifs is 1. The van der Waals surface area contributed by atoms with E-state index in [-0.39, 0.29) is 11.9 Å². The Morgan fingerprint density at radius 3 is 2.48 bits per heavy atom. The second-order valence-electron chi connectivity index (χ2n) is 6.72. The second-order valence-corrected chi connectivity index (χ2v) is 6.72. The minimum atomic E-state index is -0.0367. The smallest absolute Gasteiger partial charge is 0.260 e. The molecule has 0 bridgehead atoms. The number of ether oxygens (including phenoxy) is 1. The molecule has 0 amide bonds. The number of rotatable bonds is 8. The molecule has 144 valence electrons. The number of nitrogen functional groups attached to an aromatic ring is 1. The van der Waals surface area contributed by atoms with E-state index in [0.717, 1.165) is 35.6 Å². The van der Waals surface area contributed by atoms with Crippen molar-refractivity contribution in [3.8, 4) is 5.88 Å². The van der Waals surface area contributed by atoms with Gasteiger partial charge in [0.2, 0.25) is 5.95 Å². The van der Waals surface area contributed by atoms with Gasteiger partial charge in [0.15, 0.2) is 5.82 Å². The molecule has 27 heavy (non-hydrogen) atoms. The zero-order chi connectivity index (χ0) is 19.4. The van der Waals surface area contributed by atoms with Gasteiger partial charge in [0, 0.05) is 13.1 Å². The Morgan fingerprint density at radius 1 is 1.15 bits per heavy atom. The molecule has 0 aliphatic heterocycles. The van der Waals surface area contributed by atoms with Gasteiger partial charge >= 0.3 is 0 Å². The number of hydrogen-bond acceptors (Lipinski definition) is 7. The SMILES string of the molecule is CCCNc1nc2c(N)nnc(OC(C)C)c2n1Cc1ccc(CN)cc1. The molecule has 0 fully saturated rings. The van der Waals surface area contributed by atoms with Crippen LogP contribution >= 0.6 is 0 Å².